The highest BCUT2D eigenvalue weighted by atomic mass is 35.5. The third-order valence-corrected chi connectivity index (χ3v) is 4.14. The quantitative estimate of drug-likeness (QED) is 0.625. The number of rotatable bonds is 2. The molecule has 3 nitrogen and oxygen atoms in total. The van der Waals surface area contributed by atoms with E-state index >= 15 is 0 Å². The third-order valence-electron chi connectivity index (χ3n) is 3.40. The highest BCUT2D eigenvalue weighted by molar-refractivity contribution is 6.42. The number of aryl methyl sites for hydroxylation is 1. The van der Waals surface area contributed by atoms with Crippen molar-refractivity contribution in [3.8, 4) is 6.07 Å². The molecular weight excluding hydrogens is 317 g/mol. The summed E-state index contributed by atoms with van der Waals surface area (Å²) in [5, 5.41) is 10.4. The normalized spacial score (nSPS) is 11.6. The van der Waals surface area contributed by atoms with E-state index in [1.807, 2.05) is 41.9 Å². The molecule has 0 amide bonds. The number of aromatic nitrogens is 2. The largest absolute Gasteiger partial charge is 0.327 e. The number of hydrogen-bond donors (Lipinski definition) is 0. The zero-order valence-corrected chi connectivity index (χ0v) is 13.2. The fourth-order valence-electron chi connectivity index (χ4n) is 2.30. The predicted molar refractivity (Wildman–Crippen MR) is 90.7 cm³/mol. The standard InChI is InChI=1S/C17H11Cl2N3/c1-22-16-5-3-2-4-15(16)21-17(22)12(10-20)8-11-6-7-13(18)14(19)9-11/h2-9H,1H3/b12-8-. The third kappa shape index (κ3) is 2.59. The maximum atomic E-state index is 9.48. The van der Waals surface area contributed by atoms with Crippen LogP contribution in [-0.4, -0.2) is 9.55 Å². The van der Waals surface area contributed by atoms with Gasteiger partial charge in [0.1, 0.15) is 6.07 Å². The van der Waals surface area contributed by atoms with Gasteiger partial charge in [-0.05, 0) is 35.9 Å². The van der Waals surface area contributed by atoms with Gasteiger partial charge < -0.3 is 4.57 Å². The van der Waals surface area contributed by atoms with Crippen molar-refractivity contribution in [2.45, 2.75) is 0 Å². The number of nitrogens with zero attached hydrogens (tertiary/aromatic N) is 3. The van der Waals surface area contributed by atoms with Crippen molar-refractivity contribution in [2.75, 3.05) is 0 Å². The summed E-state index contributed by atoms with van der Waals surface area (Å²) in [5.74, 6) is 0.620. The minimum atomic E-state index is 0.456. The highest BCUT2D eigenvalue weighted by Gasteiger charge is 2.12. The van der Waals surface area contributed by atoms with Crippen molar-refractivity contribution in [1.82, 2.24) is 9.55 Å². The molecule has 0 atom stereocenters. The molecule has 3 rings (SSSR count). The molecule has 1 aromatic heterocycles. The van der Waals surface area contributed by atoms with E-state index in [1.165, 1.54) is 0 Å². The summed E-state index contributed by atoms with van der Waals surface area (Å²) < 4.78 is 1.90. The minimum Gasteiger partial charge on any atom is -0.327 e. The first-order valence-corrected chi connectivity index (χ1v) is 7.34. The number of allylic oxidation sites excluding steroid dienone is 1. The van der Waals surface area contributed by atoms with Crippen molar-refractivity contribution in [1.29, 1.82) is 5.26 Å². The van der Waals surface area contributed by atoms with E-state index in [1.54, 1.807) is 18.2 Å². The van der Waals surface area contributed by atoms with Crippen LogP contribution in [0.1, 0.15) is 11.4 Å². The Morgan fingerprint density at radius 2 is 1.95 bits per heavy atom. The summed E-state index contributed by atoms with van der Waals surface area (Å²) in [6, 6.07) is 15.2. The van der Waals surface area contributed by atoms with Crippen LogP contribution in [0, 0.1) is 11.3 Å². The maximum absolute atomic E-state index is 9.48. The molecule has 0 fully saturated rings. The number of para-hydroxylation sites is 2. The van der Waals surface area contributed by atoms with Gasteiger partial charge in [-0.3, -0.25) is 0 Å². The molecule has 5 heteroatoms. The van der Waals surface area contributed by atoms with Gasteiger partial charge in [-0.1, -0.05) is 41.4 Å². The zero-order valence-electron chi connectivity index (χ0n) is 11.7. The molecule has 0 spiro atoms. The number of nitriles is 1. The molecule has 1 heterocycles. The van der Waals surface area contributed by atoms with Crippen LogP contribution in [0.25, 0.3) is 22.7 Å². The molecule has 0 aliphatic carbocycles. The van der Waals surface area contributed by atoms with Crippen LogP contribution in [0.5, 0.6) is 0 Å². The molecule has 22 heavy (non-hydrogen) atoms. The van der Waals surface area contributed by atoms with Crippen molar-refractivity contribution < 1.29 is 0 Å². The topological polar surface area (TPSA) is 41.6 Å². The number of hydrogen-bond acceptors (Lipinski definition) is 2. The molecule has 0 bridgehead atoms. The Kier molecular flexibility index (Phi) is 3.89. The number of halogens is 2. The number of benzene rings is 2. The lowest BCUT2D eigenvalue weighted by Crippen LogP contribution is -1.96. The van der Waals surface area contributed by atoms with Crippen molar-refractivity contribution >= 4 is 45.9 Å². The van der Waals surface area contributed by atoms with Gasteiger partial charge in [0.05, 0.1) is 26.7 Å². The Balaban J connectivity index is 2.13. The zero-order chi connectivity index (χ0) is 15.7. The smallest absolute Gasteiger partial charge is 0.151 e. The molecule has 0 radical (unpaired) electrons. The molecule has 108 valence electrons. The van der Waals surface area contributed by atoms with Gasteiger partial charge in [-0.25, -0.2) is 4.98 Å². The van der Waals surface area contributed by atoms with Gasteiger partial charge in [-0.2, -0.15) is 5.26 Å². The van der Waals surface area contributed by atoms with E-state index in [2.05, 4.69) is 11.1 Å². The van der Waals surface area contributed by atoms with Gasteiger partial charge in [0.15, 0.2) is 5.82 Å². The van der Waals surface area contributed by atoms with Crippen molar-refractivity contribution in [3.05, 3.63) is 63.9 Å². The van der Waals surface area contributed by atoms with Crippen molar-refractivity contribution in [3.63, 3.8) is 0 Å². The molecule has 0 saturated carbocycles. The Morgan fingerprint density at radius 3 is 2.64 bits per heavy atom. The van der Waals surface area contributed by atoms with Crippen LogP contribution in [0.15, 0.2) is 42.5 Å². The lowest BCUT2D eigenvalue weighted by molar-refractivity contribution is 0.925. The number of fused-ring (bicyclic) bond motifs is 1. The second-order valence-electron chi connectivity index (χ2n) is 4.83. The summed E-state index contributed by atoms with van der Waals surface area (Å²) in [4.78, 5) is 4.53. The molecule has 2 aromatic carbocycles. The van der Waals surface area contributed by atoms with E-state index in [0.29, 0.717) is 21.4 Å². The van der Waals surface area contributed by atoms with Crippen LogP contribution in [0.4, 0.5) is 0 Å². The van der Waals surface area contributed by atoms with Gasteiger partial charge in [0.25, 0.3) is 0 Å². The Labute approximate surface area is 138 Å². The average Bonchev–Trinajstić information content (AvgIpc) is 2.86. The van der Waals surface area contributed by atoms with Crippen molar-refractivity contribution in [2.24, 2.45) is 7.05 Å². The summed E-state index contributed by atoms with van der Waals surface area (Å²) in [5.41, 5.74) is 3.11. The van der Waals surface area contributed by atoms with E-state index in [4.69, 9.17) is 23.2 Å². The minimum absolute atomic E-state index is 0.456. The van der Waals surface area contributed by atoms with E-state index in [9.17, 15) is 5.26 Å². The summed E-state index contributed by atoms with van der Waals surface area (Å²) in [7, 11) is 1.89. The number of imidazole rings is 1. The molecular formula is C17H11Cl2N3. The Hall–Kier alpha value is -2.28. The molecule has 3 aromatic rings. The van der Waals surface area contributed by atoms with E-state index in [-0.39, 0.29) is 0 Å². The first kappa shape index (κ1) is 14.6. The first-order valence-electron chi connectivity index (χ1n) is 6.59. The van der Waals surface area contributed by atoms with Crippen LogP contribution in [-0.2, 0) is 7.05 Å². The molecule has 0 aliphatic rings. The molecule has 0 saturated heterocycles. The fourth-order valence-corrected chi connectivity index (χ4v) is 2.61. The highest BCUT2D eigenvalue weighted by Crippen LogP contribution is 2.26. The maximum Gasteiger partial charge on any atom is 0.151 e. The fraction of sp³-hybridized carbons (Fsp3) is 0.0588. The molecule has 0 unspecified atom stereocenters. The first-order chi connectivity index (χ1) is 10.6. The van der Waals surface area contributed by atoms with E-state index in [0.717, 1.165) is 16.6 Å². The second-order valence-corrected chi connectivity index (χ2v) is 5.64. The van der Waals surface area contributed by atoms with Gasteiger partial charge in [-0.15, -0.1) is 0 Å². The second kappa shape index (κ2) is 5.84. The summed E-state index contributed by atoms with van der Waals surface area (Å²) in [6.07, 6.45) is 1.75. The lowest BCUT2D eigenvalue weighted by Gasteiger charge is -2.02. The predicted octanol–water partition coefficient (Wildman–Crippen LogP) is 4.94. The summed E-state index contributed by atoms with van der Waals surface area (Å²) >= 11 is 11.9. The SMILES string of the molecule is Cn1c(/C(C#N)=C\c2ccc(Cl)c(Cl)c2)nc2ccccc21. The van der Waals surface area contributed by atoms with Crippen LogP contribution in [0.2, 0.25) is 10.0 Å². The van der Waals surface area contributed by atoms with Crippen LogP contribution >= 0.6 is 23.2 Å². The van der Waals surface area contributed by atoms with Crippen LogP contribution in [0.3, 0.4) is 0 Å². The molecule has 0 N–H and O–H groups in total. The average molecular weight is 328 g/mol. The van der Waals surface area contributed by atoms with Gasteiger partial charge in [0.2, 0.25) is 0 Å². The van der Waals surface area contributed by atoms with E-state index < -0.39 is 0 Å². The Bertz CT molecular complexity index is 933. The summed E-state index contributed by atoms with van der Waals surface area (Å²) in [6.45, 7) is 0. The van der Waals surface area contributed by atoms with Gasteiger partial charge in [0, 0.05) is 7.05 Å². The van der Waals surface area contributed by atoms with Gasteiger partial charge >= 0.3 is 0 Å². The lowest BCUT2D eigenvalue weighted by atomic mass is 10.1. The van der Waals surface area contributed by atoms with Crippen LogP contribution < -0.4 is 0 Å². The monoisotopic (exact) mass is 327 g/mol. The molecule has 0 aliphatic heterocycles. The Morgan fingerprint density at radius 1 is 1.18 bits per heavy atom.